The molecule has 0 atom stereocenters. The SMILES string of the molecule is CCCCCCCCOC(=O)/C(=C/C=C/N(C(C)C)C(C)C)S(=O)(=O)c1ccccc1. The van der Waals surface area contributed by atoms with Crippen LogP contribution in [0.3, 0.4) is 0 Å². The standard InChI is InChI=1S/C25H39NO4S/c1-6-7-8-9-10-14-20-30-25(27)24(18-15-19-26(21(2)3)22(4)5)31(28,29)23-16-12-11-13-17-23/h11-13,15-19,21-22H,6-10,14,20H2,1-5H3/b19-15+,24-18-. The molecule has 0 saturated heterocycles. The van der Waals surface area contributed by atoms with Crippen molar-refractivity contribution in [1.82, 2.24) is 4.90 Å². The molecular weight excluding hydrogens is 410 g/mol. The Labute approximate surface area is 189 Å². The fraction of sp³-hybridized carbons (Fsp3) is 0.560. The topological polar surface area (TPSA) is 63.7 Å². The summed E-state index contributed by atoms with van der Waals surface area (Å²) in [7, 11) is -3.98. The van der Waals surface area contributed by atoms with E-state index in [4.69, 9.17) is 4.74 Å². The van der Waals surface area contributed by atoms with Crippen LogP contribution in [-0.2, 0) is 19.4 Å². The second-order valence-corrected chi connectivity index (χ2v) is 10.1. The molecule has 1 aromatic rings. The number of benzene rings is 1. The Morgan fingerprint density at radius 1 is 0.968 bits per heavy atom. The monoisotopic (exact) mass is 449 g/mol. The first-order chi connectivity index (χ1) is 14.7. The number of carbonyl (C=O) groups excluding carboxylic acids is 1. The van der Waals surface area contributed by atoms with E-state index in [9.17, 15) is 13.2 Å². The van der Waals surface area contributed by atoms with Gasteiger partial charge in [-0.15, -0.1) is 0 Å². The molecular formula is C25H39NO4S. The van der Waals surface area contributed by atoms with Crippen molar-refractivity contribution in [3.63, 3.8) is 0 Å². The van der Waals surface area contributed by atoms with Gasteiger partial charge in [-0.05, 0) is 64.6 Å². The molecule has 1 rings (SSSR count). The van der Waals surface area contributed by atoms with Gasteiger partial charge < -0.3 is 9.64 Å². The van der Waals surface area contributed by atoms with Crippen molar-refractivity contribution >= 4 is 15.8 Å². The lowest BCUT2D eigenvalue weighted by molar-refractivity contribution is -0.138. The molecule has 0 unspecified atom stereocenters. The van der Waals surface area contributed by atoms with Crippen molar-refractivity contribution in [2.75, 3.05) is 6.61 Å². The average Bonchev–Trinajstić information content (AvgIpc) is 2.72. The lowest BCUT2D eigenvalue weighted by Gasteiger charge is -2.29. The smallest absolute Gasteiger partial charge is 0.350 e. The fourth-order valence-corrected chi connectivity index (χ4v) is 4.59. The molecule has 0 aliphatic heterocycles. The third kappa shape index (κ3) is 9.30. The van der Waals surface area contributed by atoms with Gasteiger partial charge in [0, 0.05) is 12.1 Å². The van der Waals surface area contributed by atoms with Crippen LogP contribution in [0.5, 0.6) is 0 Å². The number of nitrogens with zero attached hydrogens (tertiary/aromatic N) is 1. The molecule has 6 heteroatoms. The minimum absolute atomic E-state index is 0.0794. The van der Waals surface area contributed by atoms with Crippen LogP contribution < -0.4 is 0 Å². The first-order valence-electron chi connectivity index (χ1n) is 11.3. The van der Waals surface area contributed by atoms with Crippen molar-refractivity contribution < 1.29 is 17.9 Å². The number of allylic oxidation sites excluding steroid dienone is 2. The summed E-state index contributed by atoms with van der Waals surface area (Å²) in [6.45, 7) is 10.6. The zero-order valence-corrected chi connectivity index (χ0v) is 20.5. The van der Waals surface area contributed by atoms with E-state index < -0.39 is 15.8 Å². The van der Waals surface area contributed by atoms with Crippen molar-refractivity contribution in [1.29, 1.82) is 0 Å². The van der Waals surface area contributed by atoms with Crippen LogP contribution in [-0.4, -0.2) is 38.0 Å². The van der Waals surface area contributed by atoms with Crippen LogP contribution in [0.4, 0.5) is 0 Å². The van der Waals surface area contributed by atoms with E-state index in [-0.39, 0.29) is 28.5 Å². The van der Waals surface area contributed by atoms with Gasteiger partial charge >= 0.3 is 5.97 Å². The van der Waals surface area contributed by atoms with Crippen LogP contribution in [0, 0.1) is 0 Å². The zero-order valence-electron chi connectivity index (χ0n) is 19.7. The van der Waals surface area contributed by atoms with Gasteiger partial charge in [-0.2, -0.15) is 0 Å². The number of carbonyl (C=O) groups is 1. The summed E-state index contributed by atoms with van der Waals surface area (Å²) in [6.07, 6.45) is 11.1. The van der Waals surface area contributed by atoms with E-state index in [2.05, 4.69) is 39.5 Å². The van der Waals surface area contributed by atoms with Crippen LogP contribution in [0.25, 0.3) is 0 Å². The van der Waals surface area contributed by atoms with Gasteiger partial charge in [-0.3, -0.25) is 0 Å². The van der Waals surface area contributed by atoms with Gasteiger partial charge in [0.1, 0.15) is 0 Å². The van der Waals surface area contributed by atoms with Gasteiger partial charge in [-0.1, -0.05) is 57.2 Å². The average molecular weight is 450 g/mol. The molecule has 0 radical (unpaired) electrons. The Balaban J connectivity index is 2.99. The predicted molar refractivity (Wildman–Crippen MR) is 127 cm³/mol. The quantitative estimate of drug-likeness (QED) is 0.154. The summed E-state index contributed by atoms with van der Waals surface area (Å²) in [5, 5.41) is 0. The normalized spacial score (nSPS) is 12.7. The van der Waals surface area contributed by atoms with Gasteiger partial charge in [0.15, 0.2) is 4.91 Å². The van der Waals surface area contributed by atoms with E-state index in [0.717, 1.165) is 19.3 Å². The molecule has 1 aromatic carbocycles. The van der Waals surface area contributed by atoms with Crippen LogP contribution in [0.2, 0.25) is 0 Å². The zero-order chi connectivity index (χ0) is 23.3. The second-order valence-electron chi connectivity index (χ2n) is 8.23. The van der Waals surface area contributed by atoms with Crippen molar-refractivity contribution in [2.45, 2.75) is 90.1 Å². The summed E-state index contributed by atoms with van der Waals surface area (Å²) in [4.78, 5) is 14.6. The Kier molecular flexibility index (Phi) is 12.2. The highest BCUT2D eigenvalue weighted by Crippen LogP contribution is 2.21. The number of hydrogen-bond acceptors (Lipinski definition) is 5. The molecule has 31 heavy (non-hydrogen) atoms. The summed E-state index contributed by atoms with van der Waals surface area (Å²) in [5.41, 5.74) is 0. The maximum atomic E-state index is 13.1. The first kappa shape index (κ1) is 27.0. The number of ether oxygens (including phenoxy) is 1. The number of hydrogen-bond donors (Lipinski definition) is 0. The molecule has 0 aromatic heterocycles. The highest BCUT2D eigenvalue weighted by atomic mass is 32.2. The van der Waals surface area contributed by atoms with Crippen LogP contribution in [0.15, 0.2) is 58.5 Å². The molecule has 174 valence electrons. The molecule has 0 spiro atoms. The van der Waals surface area contributed by atoms with Crippen molar-refractivity contribution in [3.05, 3.63) is 53.6 Å². The number of unbranched alkanes of at least 4 members (excludes halogenated alkanes) is 5. The van der Waals surface area contributed by atoms with E-state index in [1.165, 1.54) is 37.5 Å². The highest BCUT2D eigenvalue weighted by Gasteiger charge is 2.27. The molecule has 0 N–H and O–H groups in total. The van der Waals surface area contributed by atoms with E-state index >= 15 is 0 Å². The van der Waals surface area contributed by atoms with Crippen molar-refractivity contribution in [2.24, 2.45) is 0 Å². The summed E-state index contributed by atoms with van der Waals surface area (Å²) >= 11 is 0. The second kappa shape index (κ2) is 14.1. The minimum Gasteiger partial charge on any atom is -0.462 e. The molecule has 0 aliphatic rings. The van der Waals surface area contributed by atoms with Crippen LogP contribution in [0.1, 0.15) is 73.1 Å². The Bertz CT molecular complexity index is 803. The number of sulfone groups is 1. The summed E-state index contributed by atoms with van der Waals surface area (Å²) in [5.74, 6) is -0.803. The highest BCUT2D eigenvalue weighted by molar-refractivity contribution is 7.96. The Hall–Kier alpha value is -2.08. The van der Waals surface area contributed by atoms with Crippen molar-refractivity contribution in [3.8, 4) is 0 Å². The van der Waals surface area contributed by atoms with Gasteiger partial charge in [-0.25, -0.2) is 13.2 Å². The third-order valence-electron chi connectivity index (χ3n) is 4.97. The Morgan fingerprint density at radius 3 is 2.13 bits per heavy atom. The number of rotatable bonds is 14. The third-order valence-corrected chi connectivity index (χ3v) is 6.75. The number of esters is 1. The lowest BCUT2D eigenvalue weighted by Crippen LogP contribution is -2.31. The Morgan fingerprint density at radius 2 is 1.55 bits per heavy atom. The maximum absolute atomic E-state index is 13.1. The van der Waals surface area contributed by atoms with E-state index in [0.29, 0.717) is 0 Å². The van der Waals surface area contributed by atoms with Gasteiger partial charge in [0.05, 0.1) is 11.5 Å². The lowest BCUT2D eigenvalue weighted by atomic mass is 10.1. The molecule has 0 saturated carbocycles. The minimum atomic E-state index is -3.98. The maximum Gasteiger partial charge on any atom is 0.350 e. The molecule has 0 heterocycles. The fourth-order valence-electron chi connectivity index (χ4n) is 3.28. The molecule has 0 bridgehead atoms. The molecule has 5 nitrogen and oxygen atoms in total. The molecule has 0 amide bonds. The summed E-state index contributed by atoms with van der Waals surface area (Å²) < 4.78 is 31.6. The van der Waals surface area contributed by atoms with Gasteiger partial charge in [0.25, 0.3) is 0 Å². The van der Waals surface area contributed by atoms with E-state index in [1.807, 2.05) is 6.20 Å². The van der Waals surface area contributed by atoms with E-state index in [1.54, 1.807) is 24.3 Å². The summed E-state index contributed by atoms with van der Waals surface area (Å²) in [6, 6.07) is 8.49. The predicted octanol–water partition coefficient (Wildman–Crippen LogP) is 5.88. The van der Waals surface area contributed by atoms with Crippen LogP contribution >= 0.6 is 0 Å². The molecule has 0 fully saturated rings. The largest absolute Gasteiger partial charge is 0.462 e. The van der Waals surface area contributed by atoms with Gasteiger partial charge in [0.2, 0.25) is 9.84 Å². The first-order valence-corrected chi connectivity index (χ1v) is 12.8. The molecule has 0 aliphatic carbocycles.